The average Bonchev–Trinajstić information content (AvgIpc) is 3.07. The largest absolute Gasteiger partial charge is 0.507 e. The van der Waals surface area contributed by atoms with Crippen LogP contribution in [-0.2, 0) is 16.0 Å². The van der Waals surface area contributed by atoms with E-state index in [2.05, 4.69) is 20.8 Å². The summed E-state index contributed by atoms with van der Waals surface area (Å²) >= 11 is 0. The van der Waals surface area contributed by atoms with Crippen molar-refractivity contribution in [3.05, 3.63) is 70.8 Å². The Hall–Kier alpha value is -3.12. The first-order valence-electron chi connectivity index (χ1n) is 12.0. The van der Waals surface area contributed by atoms with Gasteiger partial charge in [0.2, 0.25) is 0 Å². The number of aliphatic hydroxyl groups is 1. The van der Waals surface area contributed by atoms with Crippen molar-refractivity contribution in [1.29, 1.82) is 0 Å². The van der Waals surface area contributed by atoms with Gasteiger partial charge in [-0.2, -0.15) is 0 Å². The van der Waals surface area contributed by atoms with Crippen LogP contribution in [0.4, 0.5) is 0 Å². The van der Waals surface area contributed by atoms with Gasteiger partial charge in [0.25, 0.3) is 11.7 Å². The Labute approximate surface area is 202 Å². The predicted molar refractivity (Wildman–Crippen MR) is 135 cm³/mol. The molecule has 2 aromatic rings. The SMILES string of the molecule is CCc1ccc([C@H]2/C(=C(\O)c3ccc(OCC(C)C)cc3)C(=O)C(=O)N2CCCN(C)C)cc1. The number of amides is 1. The van der Waals surface area contributed by atoms with Gasteiger partial charge in [0.05, 0.1) is 18.2 Å². The number of carbonyl (C=O) groups excluding carboxylic acids is 2. The summed E-state index contributed by atoms with van der Waals surface area (Å²) in [6, 6.07) is 14.3. The highest BCUT2D eigenvalue weighted by molar-refractivity contribution is 6.46. The highest BCUT2D eigenvalue weighted by Gasteiger charge is 2.45. The second-order valence-corrected chi connectivity index (χ2v) is 9.47. The van der Waals surface area contributed by atoms with E-state index in [0.717, 1.165) is 24.9 Å². The molecule has 1 aliphatic rings. The third kappa shape index (κ3) is 5.86. The topological polar surface area (TPSA) is 70.1 Å². The van der Waals surface area contributed by atoms with E-state index in [-0.39, 0.29) is 11.3 Å². The standard InChI is InChI=1S/C28H36N2O4/c1-6-20-8-10-21(11-9-20)25-24(27(32)28(33)30(25)17-7-16-29(4)5)26(31)22-12-14-23(15-13-22)34-18-19(2)3/h8-15,19,25,31H,6-7,16-18H2,1-5H3/b26-24+/t25-/m0/s1. The van der Waals surface area contributed by atoms with E-state index in [0.29, 0.717) is 30.4 Å². The summed E-state index contributed by atoms with van der Waals surface area (Å²) in [6.45, 7) is 8.05. The van der Waals surface area contributed by atoms with Gasteiger partial charge in [0.1, 0.15) is 11.5 Å². The number of likely N-dealkylation sites (tertiary alicyclic amines) is 1. The molecule has 1 N–H and O–H groups in total. The van der Waals surface area contributed by atoms with E-state index in [4.69, 9.17) is 4.74 Å². The summed E-state index contributed by atoms with van der Waals surface area (Å²) in [5.74, 6) is -0.279. The molecule has 0 spiro atoms. The van der Waals surface area contributed by atoms with Gasteiger partial charge in [-0.3, -0.25) is 9.59 Å². The second kappa shape index (κ2) is 11.3. The van der Waals surface area contributed by atoms with Crippen LogP contribution in [0.5, 0.6) is 5.75 Å². The molecule has 1 aliphatic heterocycles. The van der Waals surface area contributed by atoms with Gasteiger partial charge in [-0.05, 0) is 74.8 Å². The summed E-state index contributed by atoms with van der Waals surface area (Å²) in [5, 5.41) is 11.2. The van der Waals surface area contributed by atoms with Crippen molar-refractivity contribution in [2.24, 2.45) is 5.92 Å². The summed E-state index contributed by atoms with van der Waals surface area (Å²) < 4.78 is 5.73. The summed E-state index contributed by atoms with van der Waals surface area (Å²) in [7, 11) is 3.95. The Bertz CT molecular complexity index is 1020. The molecule has 34 heavy (non-hydrogen) atoms. The van der Waals surface area contributed by atoms with Crippen LogP contribution in [0.15, 0.2) is 54.1 Å². The molecule has 0 aliphatic carbocycles. The molecule has 3 rings (SSSR count). The molecule has 1 fully saturated rings. The molecular weight excluding hydrogens is 428 g/mol. The van der Waals surface area contributed by atoms with Gasteiger partial charge in [-0.15, -0.1) is 0 Å². The normalized spacial score (nSPS) is 17.7. The summed E-state index contributed by atoms with van der Waals surface area (Å²) in [5.41, 5.74) is 2.61. The number of benzene rings is 2. The molecule has 0 saturated carbocycles. The van der Waals surface area contributed by atoms with Crippen LogP contribution in [0, 0.1) is 5.92 Å². The van der Waals surface area contributed by atoms with Gasteiger partial charge in [0.15, 0.2) is 0 Å². The number of ether oxygens (including phenoxy) is 1. The number of carbonyl (C=O) groups is 2. The Balaban J connectivity index is 1.99. The Kier molecular flexibility index (Phi) is 8.51. The van der Waals surface area contributed by atoms with Crippen LogP contribution in [-0.4, -0.2) is 60.4 Å². The number of aryl methyl sites for hydroxylation is 1. The van der Waals surface area contributed by atoms with Crippen LogP contribution in [0.1, 0.15) is 49.9 Å². The highest BCUT2D eigenvalue weighted by Crippen LogP contribution is 2.39. The average molecular weight is 465 g/mol. The number of hydrogen-bond donors (Lipinski definition) is 1. The zero-order valence-corrected chi connectivity index (χ0v) is 20.9. The van der Waals surface area contributed by atoms with Crippen molar-refractivity contribution in [3.8, 4) is 5.75 Å². The number of rotatable bonds is 10. The van der Waals surface area contributed by atoms with E-state index >= 15 is 0 Å². The molecule has 1 heterocycles. The second-order valence-electron chi connectivity index (χ2n) is 9.47. The molecule has 0 aromatic heterocycles. The molecule has 0 bridgehead atoms. The van der Waals surface area contributed by atoms with Crippen LogP contribution >= 0.6 is 0 Å². The number of nitrogens with zero attached hydrogens (tertiary/aromatic N) is 2. The zero-order chi connectivity index (χ0) is 24.8. The van der Waals surface area contributed by atoms with Gasteiger partial charge in [-0.25, -0.2) is 0 Å². The van der Waals surface area contributed by atoms with Crippen LogP contribution in [0.2, 0.25) is 0 Å². The maximum absolute atomic E-state index is 13.1. The highest BCUT2D eigenvalue weighted by atomic mass is 16.5. The van der Waals surface area contributed by atoms with Gasteiger partial charge < -0.3 is 19.6 Å². The molecule has 182 valence electrons. The Morgan fingerprint density at radius 2 is 1.71 bits per heavy atom. The first-order valence-corrected chi connectivity index (χ1v) is 12.0. The minimum atomic E-state index is -0.646. The fourth-order valence-electron chi connectivity index (χ4n) is 4.08. The molecule has 1 atom stereocenters. The maximum atomic E-state index is 13.1. The van der Waals surface area contributed by atoms with Crippen molar-refractivity contribution in [1.82, 2.24) is 9.80 Å². The monoisotopic (exact) mass is 464 g/mol. The van der Waals surface area contributed by atoms with E-state index in [1.165, 1.54) is 5.56 Å². The molecule has 0 radical (unpaired) electrons. The van der Waals surface area contributed by atoms with E-state index in [1.807, 2.05) is 43.3 Å². The lowest BCUT2D eigenvalue weighted by molar-refractivity contribution is -0.139. The van der Waals surface area contributed by atoms with Gasteiger partial charge in [-0.1, -0.05) is 45.0 Å². The van der Waals surface area contributed by atoms with Crippen LogP contribution in [0.3, 0.4) is 0 Å². The molecule has 6 nitrogen and oxygen atoms in total. The number of hydrogen-bond acceptors (Lipinski definition) is 5. The van der Waals surface area contributed by atoms with Gasteiger partial charge in [0, 0.05) is 12.1 Å². The van der Waals surface area contributed by atoms with Gasteiger partial charge >= 0.3 is 0 Å². The van der Waals surface area contributed by atoms with Crippen molar-refractivity contribution in [2.75, 3.05) is 33.8 Å². The minimum absolute atomic E-state index is 0.134. The first-order chi connectivity index (χ1) is 16.2. The third-order valence-electron chi connectivity index (χ3n) is 5.96. The summed E-state index contributed by atoms with van der Waals surface area (Å²) in [4.78, 5) is 29.8. The van der Waals surface area contributed by atoms with Crippen LogP contribution in [0.25, 0.3) is 5.76 Å². The lowest BCUT2D eigenvalue weighted by Crippen LogP contribution is -2.32. The van der Waals surface area contributed by atoms with E-state index in [9.17, 15) is 14.7 Å². The Morgan fingerprint density at radius 3 is 2.26 bits per heavy atom. The third-order valence-corrected chi connectivity index (χ3v) is 5.96. The van der Waals surface area contributed by atoms with Crippen molar-refractivity contribution in [3.63, 3.8) is 0 Å². The minimum Gasteiger partial charge on any atom is -0.507 e. The molecule has 1 saturated heterocycles. The lowest BCUT2D eigenvalue weighted by atomic mass is 9.94. The van der Waals surface area contributed by atoms with E-state index in [1.54, 1.807) is 29.2 Å². The van der Waals surface area contributed by atoms with Crippen molar-refractivity contribution in [2.45, 2.75) is 39.7 Å². The Morgan fingerprint density at radius 1 is 1.06 bits per heavy atom. The smallest absolute Gasteiger partial charge is 0.295 e. The summed E-state index contributed by atoms with van der Waals surface area (Å²) in [6.07, 6.45) is 1.63. The predicted octanol–water partition coefficient (Wildman–Crippen LogP) is 4.66. The maximum Gasteiger partial charge on any atom is 0.295 e. The van der Waals surface area contributed by atoms with E-state index < -0.39 is 17.7 Å². The number of aliphatic hydroxyl groups excluding tert-OH is 1. The quantitative estimate of drug-likeness (QED) is 0.315. The molecule has 0 unspecified atom stereocenters. The molecule has 1 amide bonds. The zero-order valence-electron chi connectivity index (χ0n) is 20.9. The molecule has 6 heteroatoms. The fraction of sp³-hybridized carbons (Fsp3) is 0.429. The molecular formula is C28H36N2O4. The number of Topliss-reactive ketones (excluding diaryl/α,β-unsaturated/α-hetero) is 1. The van der Waals surface area contributed by atoms with Crippen molar-refractivity contribution >= 4 is 17.4 Å². The number of ketones is 1. The molecule has 2 aromatic carbocycles. The van der Waals surface area contributed by atoms with Crippen LogP contribution < -0.4 is 4.74 Å². The van der Waals surface area contributed by atoms with Crippen molar-refractivity contribution < 1.29 is 19.4 Å². The fourth-order valence-corrected chi connectivity index (χ4v) is 4.08. The first kappa shape index (κ1) is 25.5. The lowest BCUT2D eigenvalue weighted by Gasteiger charge is -2.26.